The minimum absolute atomic E-state index is 0.224. The van der Waals surface area contributed by atoms with Crippen LogP contribution in [0.25, 0.3) is 16.5 Å². The lowest BCUT2D eigenvalue weighted by molar-refractivity contribution is 0.0366. The third-order valence-corrected chi connectivity index (χ3v) is 4.03. The number of nitrogens with zero attached hydrogens (tertiary/aromatic N) is 4. The van der Waals surface area contributed by atoms with Crippen molar-refractivity contribution in [2.45, 2.75) is 19.3 Å². The van der Waals surface area contributed by atoms with Crippen molar-refractivity contribution in [3.63, 3.8) is 0 Å². The van der Waals surface area contributed by atoms with Crippen LogP contribution in [0.4, 0.5) is 14.7 Å². The Morgan fingerprint density at radius 1 is 1.20 bits per heavy atom. The van der Waals surface area contributed by atoms with Crippen molar-refractivity contribution in [3.05, 3.63) is 59.8 Å². The third kappa shape index (κ3) is 3.17. The zero-order chi connectivity index (χ0) is 17.4. The Hall–Kier alpha value is -2.96. The molecule has 0 bridgehead atoms. The van der Waals surface area contributed by atoms with E-state index in [2.05, 4.69) is 31.3 Å². The van der Waals surface area contributed by atoms with Crippen molar-refractivity contribution >= 4 is 22.4 Å². The number of benzene rings is 1. The Bertz CT molecular complexity index is 979. The molecule has 2 aromatic heterocycles. The summed E-state index contributed by atoms with van der Waals surface area (Å²) in [6, 6.07) is 5.98. The number of hydrogen-bond donors (Lipinski definition) is 1. The van der Waals surface area contributed by atoms with Crippen LogP contribution in [0.3, 0.4) is 0 Å². The predicted octanol–water partition coefficient (Wildman–Crippen LogP) is 3.47. The Balaban J connectivity index is 1.62. The van der Waals surface area contributed by atoms with E-state index in [0.29, 0.717) is 6.42 Å². The molecule has 2 heterocycles. The van der Waals surface area contributed by atoms with Gasteiger partial charge in [-0.2, -0.15) is 0 Å². The summed E-state index contributed by atoms with van der Waals surface area (Å²) in [5, 5.41) is 3.54. The van der Waals surface area contributed by atoms with Crippen molar-refractivity contribution in [1.82, 2.24) is 19.9 Å². The smallest absolute Gasteiger partial charge is 0.262 e. The van der Waals surface area contributed by atoms with E-state index in [1.807, 2.05) is 18.2 Å². The first kappa shape index (κ1) is 15.6. The first-order chi connectivity index (χ1) is 12.0. The van der Waals surface area contributed by atoms with Gasteiger partial charge in [-0.3, -0.25) is 0 Å². The molecule has 0 radical (unpaired) electrons. The summed E-state index contributed by atoms with van der Waals surface area (Å²) in [6.07, 6.45) is 7.70. The van der Waals surface area contributed by atoms with Crippen molar-refractivity contribution < 1.29 is 8.78 Å². The number of nitrogens with one attached hydrogen (secondary N) is 1. The largest absolute Gasteiger partial charge is 0.348 e. The molecule has 0 atom stereocenters. The molecule has 25 heavy (non-hydrogen) atoms. The molecule has 0 aliphatic heterocycles. The van der Waals surface area contributed by atoms with E-state index in [1.165, 1.54) is 6.33 Å². The van der Waals surface area contributed by atoms with Crippen LogP contribution >= 0.6 is 0 Å². The Morgan fingerprint density at radius 2 is 2.08 bits per heavy atom. The van der Waals surface area contributed by atoms with Gasteiger partial charge in [-0.25, -0.2) is 28.7 Å². The van der Waals surface area contributed by atoms with Crippen LogP contribution in [0, 0.1) is 0 Å². The number of halogens is 2. The number of anilines is 1. The highest BCUT2D eigenvalue weighted by molar-refractivity contribution is 5.89. The van der Waals surface area contributed by atoms with Gasteiger partial charge in [0.05, 0.1) is 17.8 Å². The summed E-state index contributed by atoms with van der Waals surface area (Å²) in [4.78, 5) is 16.8. The van der Waals surface area contributed by atoms with Crippen molar-refractivity contribution in [2.75, 3.05) is 11.9 Å². The monoisotopic (exact) mass is 339 g/mol. The van der Waals surface area contributed by atoms with E-state index < -0.39 is 12.5 Å². The molecular formula is C18H15F2N5. The van der Waals surface area contributed by atoms with Gasteiger partial charge in [0.15, 0.2) is 0 Å². The lowest BCUT2D eigenvalue weighted by Gasteiger charge is -2.12. The van der Waals surface area contributed by atoms with Crippen LogP contribution in [0.2, 0.25) is 0 Å². The highest BCUT2D eigenvalue weighted by Crippen LogP contribution is 2.32. The number of alkyl halides is 2. The molecule has 1 aliphatic rings. The maximum Gasteiger partial charge on any atom is 0.262 e. The van der Waals surface area contributed by atoms with Gasteiger partial charge >= 0.3 is 0 Å². The number of hydrogen-bond acceptors (Lipinski definition) is 5. The minimum atomic E-state index is -2.81. The van der Waals surface area contributed by atoms with Gasteiger partial charge in [0, 0.05) is 36.7 Å². The Kier molecular flexibility index (Phi) is 3.63. The molecule has 0 fully saturated rings. The van der Waals surface area contributed by atoms with Crippen LogP contribution in [-0.4, -0.2) is 32.4 Å². The molecule has 0 spiro atoms. The van der Waals surface area contributed by atoms with Gasteiger partial charge in [-0.15, -0.1) is 0 Å². The van der Waals surface area contributed by atoms with E-state index in [4.69, 9.17) is 0 Å². The van der Waals surface area contributed by atoms with Crippen LogP contribution in [0.15, 0.2) is 43.0 Å². The highest BCUT2D eigenvalue weighted by Gasteiger charge is 2.22. The fourth-order valence-corrected chi connectivity index (χ4v) is 2.85. The van der Waals surface area contributed by atoms with Crippen LogP contribution < -0.4 is 5.32 Å². The Labute approximate surface area is 142 Å². The number of aromatic nitrogens is 4. The summed E-state index contributed by atoms with van der Waals surface area (Å²) in [7, 11) is 0. The van der Waals surface area contributed by atoms with E-state index in [0.717, 1.165) is 40.2 Å². The number of allylic oxidation sites excluding steroid dienone is 1. The first-order valence-corrected chi connectivity index (χ1v) is 7.88. The average Bonchev–Trinajstić information content (AvgIpc) is 3.02. The lowest BCUT2D eigenvalue weighted by Crippen LogP contribution is -2.24. The second-order valence-corrected chi connectivity index (χ2v) is 6.10. The minimum Gasteiger partial charge on any atom is -0.348 e. The fraction of sp³-hybridized carbons (Fsp3) is 0.222. The fourth-order valence-electron chi connectivity index (χ4n) is 2.85. The van der Waals surface area contributed by atoms with Gasteiger partial charge in [-0.1, -0.05) is 12.1 Å². The summed E-state index contributed by atoms with van der Waals surface area (Å²) < 4.78 is 25.9. The van der Waals surface area contributed by atoms with Gasteiger partial charge in [-0.05, 0) is 23.3 Å². The highest BCUT2D eigenvalue weighted by atomic mass is 19.3. The molecule has 1 aromatic carbocycles. The van der Waals surface area contributed by atoms with Gasteiger partial charge < -0.3 is 5.32 Å². The predicted molar refractivity (Wildman–Crippen MR) is 91.5 cm³/mol. The van der Waals surface area contributed by atoms with E-state index in [-0.39, 0.29) is 5.95 Å². The molecule has 0 saturated heterocycles. The molecular weight excluding hydrogens is 324 g/mol. The summed E-state index contributed by atoms with van der Waals surface area (Å²) >= 11 is 0. The molecule has 0 saturated carbocycles. The number of rotatable bonds is 4. The first-order valence-electron chi connectivity index (χ1n) is 7.88. The van der Waals surface area contributed by atoms with Crippen molar-refractivity contribution in [2.24, 2.45) is 0 Å². The van der Waals surface area contributed by atoms with Crippen LogP contribution in [0.5, 0.6) is 0 Å². The molecule has 5 nitrogen and oxygen atoms in total. The summed E-state index contributed by atoms with van der Waals surface area (Å²) in [6.45, 7) is 0.368. The molecule has 1 aliphatic carbocycles. The molecule has 7 heteroatoms. The van der Waals surface area contributed by atoms with Gasteiger partial charge in [0.25, 0.3) is 5.92 Å². The van der Waals surface area contributed by atoms with E-state index >= 15 is 0 Å². The molecule has 0 amide bonds. The summed E-state index contributed by atoms with van der Waals surface area (Å²) in [5.74, 6) is -2.58. The second-order valence-electron chi connectivity index (χ2n) is 6.10. The zero-order valence-corrected chi connectivity index (χ0v) is 13.5. The summed E-state index contributed by atoms with van der Waals surface area (Å²) in [5.41, 5.74) is 4.70. The normalized spacial score (nSPS) is 13.6. The zero-order valence-electron chi connectivity index (χ0n) is 13.5. The van der Waals surface area contributed by atoms with Crippen molar-refractivity contribution in [3.8, 4) is 0 Å². The van der Waals surface area contributed by atoms with E-state index in [1.54, 1.807) is 12.4 Å². The van der Waals surface area contributed by atoms with Crippen LogP contribution in [-0.2, 0) is 6.42 Å². The molecule has 4 rings (SSSR count). The quantitative estimate of drug-likeness (QED) is 0.788. The Morgan fingerprint density at radius 3 is 2.92 bits per heavy atom. The topological polar surface area (TPSA) is 63.6 Å². The van der Waals surface area contributed by atoms with Crippen LogP contribution in [0.1, 0.15) is 23.7 Å². The molecule has 0 unspecified atom stereocenters. The molecule has 126 valence electrons. The average molecular weight is 339 g/mol. The SMILES string of the molecule is CC(F)(F)CNc1ncc2c(n1)CC=C2c1ccc2ncncc2c1. The van der Waals surface area contributed by atoms with Crippen molar-refractivity contribution in [1.29, 1.82) is 0 Å². The van der Waals surface area contributed by atoms with E-state index in [9.17, 15) is 8.78 Å². The maximum atomic E-state index is 13.0. The number of fused-ring (bicyclic) bond motifs is 2. The van der Waals surface area contributed by atoms with Gasteiger partial charge in [0.1, 0.15) is 6.33 Å². The van der Waals surface area contributed by atoms with Gasteiger partial charge in [0.2, 0.25) is 5.95 Å². The third-order valence-electron chi connectivity index (χ3n) is 4.03. The maximum absolute atomic E-state index is 13.0. The molecule has 3 aromatic rings. The lowest BCUT2D eigenvalue weighted by atomic mass is 10.0. The second kappa shape index (κ2) is 5.84. The standard InChI is InChI=1S/C18H15F2N5/c1-18(19,20)9-23-17-22-8-14-13(3-5-16(14)25-17)11-2-4-15-12(6-11)7-21-10-24-15/h2-4,6-8,10H,5,9H2,1H3,(H,22,23,25). The molecule has 1 N–H and O–H groups in total.